The first-order valence-electron chi connectivity index (χ1n) is 11.4. The van der Waals surface area contributed by atoms with Crippen LogP contribution in [0.1, 0.15) is 53.4 Å². The molecule has 5 rings (SSSR count). The molecule has 2 aliphatic heterocycles. The lowest BCUT2D eigenvalue weighted by Crippen LogP contribution is -2.50. The number of unbranched alkanes of at least 4 members (excludes halogenated alkanes) is 1. The summed E-state index contributed by atoms with van der Waals surface area (Å²) in [6, 6.07) is 9.91. The van der Waals surface area contributed by atoms with E-state index in [1.54, 1.807) is 4.90 Å². The van der Waals surface area contributed by atoms with Gasteiger partial charge in [0, 0.05) is 42.3 Å². The van der Waals surface area contributed by atoms with Crippen LogP contribution in [0.4, 0.5) is 0 Å². The van der Waals surface area contributed by atoms with Crippen LogP contribution in [0.25, 0.3) is 22.0 Å². The van der Waals surface area contributed by atoms with E-state index in [4.69, 9.17) is 4.98 Å². The Bertz CT molecular complexity index is 1180. The van der Waals surface area contributed by atoms with Crippen molar-refractivity contribution < 1.29 is 9.59 Å². The molecule has 2 amide bonds. The minimum absolute atomic E-state index is 0.0405. The summed E-state index contributed by atoms with van der Waals surface area (Å²) in [4.78, 5) is 34.4. The van der Waals surface area contributed by atoms with Gasteiger partial charge in [0.2, 0.25) is 5.91 Å². The molecule has 7 heteroatoms. The van der Waals surface area contributed by atoms with E-state index < -0.39 is 0 Å². The Morgan fingerprint density at radius 2 is 2.09 bits per heavy atom. The maximum Gasteiger partial charge on any atom is 0.255 e. The van der Waals surface area contributed by atoms with Gasteiger partial charge in [-0.25, -0.2) is 4.98 Å². The van der Waals surface area contributed by atoms with Gasteiger partial charge in [-0.3, -0.25) is 9.59 Å². The fourth-order valence-electron chi connectivity index (χ4n) is 4.63. The SMILES string of the molecule is CCCCc1ccc(-c2nc(-c3ccc4c(c3)CN(C3CCCNC3=O)C4=O)cn2C)s1. The summed E-state index contributed by atoms with van der Waals surface area (Å²) >= 11 is 1.81. The third-order valence-corrected chi connectivity index (χ3v) is 7.54. The highest BCUT2D eigenvalue weighted by Crippen LogP contribution is 2.33. The Labute approximate surface area is 192 Å². The molecule has 4 heterocycles. The molecule has 166 valence electrons. The van der Waals surface area contributed by atoms with Gasteiger partial charge in [0.05, 0.1) is 10.6 Å². The first-order chi connectivity index (χ1) is 15.5. The average molecular weight is 449 g/mol. The van der Waals surface area contributed by atoms with E-state index in [2.05, 4.69) is 35.0 Å². The number of carbonyl (C=O) groups is 2. The number of nitrogens with zero attached hydrogens (tertiary/aromatic N) is 3. The molecule has 1 saturated heterocycles. The second kappa shape index (κ2) is 8.54. The van der Waals surface area contributed by atoms with Gasteiger partial charge in [0.25, 0.3) is 5.91 Å². The van der Waals surface area contributed by atoms with Crippen molar-refractivity contribution in [1.82, 2.24) is 19.8 Å². The predicted octanol–water partition coefficient (Wildman–Crippen LogP) is 4.39. The molecule has 32 heavy (non-hydrogen) atoms. The Morgan fingerprint density at radius 3 is 2.91 bits per heavy atom. The molecule has 1 N–H and O–H groups in total. The molecular weight excluding hydrogens is 420 g/mol. The van der Waals surface area contributed by atoms with Crippen LogP contribution in [-0.2, 0) is 24.8 Å². The Kier molecular flexibility index (Phi) is 5.59. The monoisotopic (exact) mass is 448 g/mol. The lowest BCUT2D eigenvalue weighted by Gasteiger charge is -2.30. The lowest BCUT2D eigenvalue weighted by molar-refractivity contribution is -0.127. The summed E-state index contributed by atoms with van der Waals surface area (Å²) in [6.45, 7) is 3.39. The van der Waals surface area contributed by atoms with Crippen molar-refractivity contribution in [2.75, 3.05) is 6.54 Å². The number of carbonyl (C=O) groups excluding carboxylic acids is 2. The number of amides is 2. The number of thiophene rings is 1. The fourth-order valence-corrected chi connectivity index (χ4v) is 5.71. The Morgan fingerprint density at radius 1 is 1.22 bits per heavy atom. The molecule has 0 radical (unpaired) electrons. The zero-order valence-corrected chi connectivity index (χ0v) is 19.4. The van der Waals surface area contributed by atoms with Crippen LogP contribution in [0.15, 0.2) is 36.5 Å². The summed E-state index contributed by atoms with van der Waals surface area (Å²) in [5.74, 6) is 0.875. The van der Waals surface area contributed by atoms with Gasteiger partial charge in [-0.05, 0) is 55.5 Å². The highest BCUT2D eigenvalue weighted by molar-refractivity contribution is 7.15. The maximum atomic E-state index is 12.9. The Hall–Kier alpha value is -2.93. The third-order valence-electron chi connectivity index (χ3n) is 6.40. The Balaban J connectivity index is 1.39. The van der Waals surface area contributed by atoms with E-state index in [1.165, 1.54) is 22.6 Å². The standard InChI is InChI=1S/C25H28N4O2S/c1-3-4-6-18-9-11-22(32-18)23-27-20(15-28(23)2)16-8-10-19-17(13-16)14-29(25(19)31)21-7-5-12-26-24(21)30/h8-11,13,15,21H,3-7,12,14H2,1-2H3,(H,26,30). The van der Waals surface area contributed by atoms with Crippen molar-refractivity contribution in [2.24, 2.45) is 7.05 Å². The highest BCUT2D eigenvalue weighted by atomic mass is 32.1. The van der Waals surface area contributed by atoms with Crippen molar-refractivity contribution in [3.05, 3.63) is 52.5 Å². The van der Waals surface area contributed by atoms with E-state index in [1.807, 2.05) is 36.7 Å². The number of nitrogens with one attached hydrogen (secondary N) is 1. The number of rotatable bonds is 6. The molecule has 0 spiro atoms. The van der Waals surface area contributed by atoms with E-state index >= 15 is 0 Å². The summed E-state index contributed by atoms with van der Waals surface area (Å²) in [5.41, 5.74) is 3.56. The number of imidazole rings is 1. The number of hydrogen-bond donors (Lipinski definition) is 1. The van der Waals surface area contributed by atoms with E-state index in [0.717, 1.165) is 41.9 Å². The number of fused-ring (bicyclic) bond motifs is 1. The second-order valence-corrected chi connectivity index (χ2v) is 9.85. The predicted molar refractivity (Wildman–Crippen MR) is 126 cm³/mol. The second-order valence-electron chi connectivity index (χ2n) is 8.68. The van der Waals surface area contributed by atoms with Gasteiger partial charge in [-0.2, -0.15) is 0 Å². The highest BCUT2D eigenvalue weighted by Gasteiger charge is 2.37. The fraction of sp³-hybridized carbons (Fsp3) is 0.400. The summed E-state index contributed by atoms with van der Waals surface area (Å²) in [6.07, 6.45) is 7.20. The topological polar surface area (TPSA) is 67.2 Å². The molecule has 2 aliphatic rings. The molecule has 2 aromatic heterocycles. The van der Waals surface area contributed by atoms with Gasteiger partial charge in [-0.1, -0.05) is 19.4 Å². The van der Waals surface area contributed by atoms with Crippen molar-refractivity contribution >= 4 is 23.2 Å². The molecular formula is C25H28N4O2S. The first kappa shape index (κ1) is 20.9. The summed E-state index contributed by atoms with van der Waals surface area (Å²) in [5, 5.41) is 2.89. The van der Waals surface area contributed by atoms with Crippen molar-refractivity contribution in [1.29, 1.82) is 0 Å². The molecule has 1 unspecified atom stereocenters. The minimum Gasteiger partial charge on any atom is -0.354 e. The largest absolute Gasteiger partial charge is 0.354 e. The number of aromatic nitrogens is 2. The van der Waals surface area contributed by atoms with E-state index in [9.17, 15) is 9.59 Å². The van der Waals surface area contributed by atoms with Crippen LogP contribution in [-0.4, -0.2) is 38.9 Å². The smallest absolute Gasteiger partial charge is 0.255 e. The molecule has 0 saturated carbocycles. The average Bonchev–Trinajstić information content (AvgIpc) is 3.50. The van der Waals surface area contributed by atoms with Gasteiger partial charge < -0.3 is 14.8 Å². The van der Waals surface area contributed by atoms with Crippen LogP contribution < -0.4 is 5.32 Å². The van der Waals surface area contributed by atoms with Gasteiger partial charge in [0.1, 0.15) is 6.04 Å². The molecule has 1 atom stereocenters. The number of hydrogen-bond acceptors (Lipinski definition) is 4. The van der Waals surface area contributed by atoms with E-state index in [-0.39, 0.29) is 17.9 Å². The van der Waals surface area contributed by atoms with Gasteiger partial charge >= 0.3 is 0 Å². The van der Waals surface area contributed by atoms with Crippen molar-refractivity contribution in [3.63, 3.8) is 0 Å². The number of aryl methyl sites for hydroxylation is 2. The zero-order valence-electron chi connectivity index (χ0n) is 18.6. The van der Waals surface area contributed by atoms with Crippen molar-refractivity contribution in [3.8, 4) is 22.0 Å². The normalized spacial score (nSPS) is 18.2. The maximum absolute atomic E-state index is 12.9. The zero-order chi connectivity index (χ0) is 22.2. The minimum atomic E-state index is -0.366. The molecule has 0 aliphatic carbocycles. The molecule has 1 aromatic carbocycles. The quantitative estimate of drug-likeness (QED) is 0.608. The molecule has 6 nitrogen and oxygen atoms in total. The third kappa shape index (κ3) is 3.75. The van der Waals surface area contributed by atoms with E-state index in [0.29, 0.717) is 18.7 Å². The summed E-state index contributed by atoms with van der Waals surface area (Å²) in [7, 11) is 2.03. The number of piperidine rings is 1. The lowest BCUT2D eigenvalue weighted by atomic mass is 10.0. The molecule has 1 fully saturated rings. The van der Waals surface area contributed by atoms with Crippen LogP contribution >= 0.6 is 11.3 Å². The van der Waals surface area contributed by atoms with Crippen molar-refractivity contribution in [2.45, 2.75) is 51.6 Å². The first-order valence-corrected chi connectivity index (χ1v) is 12.2. The molecule has 3 aromatic rings. The van der Waals surface area contributed by atoms with Crippen LogP contribution in [0, 0.1) is 0 Å². The van der Waals surface area contributed by atoms with Gasteiger partial charge in [-0.15, -0.1) is 11.3 Å². The molecule has 0 bridgehead atoms. The summed E-state index contributed by atoms with van der Waals surface area (Å²) < 4.78 is 2.07. The van der Waals surface area contributed by atoms with Crippen LogP contribution in [0.5, 0.6) is 0 Å². The number of benzene rings is 1. The van der Waals surface area contributed by atoms with Crippen LogP contribution in [0.2, 0.25) is 0 Å². The van der Waals surface area contributed by atoms with Crippen LogP contribution in [0.3, 0.4) is 0 Å². The van der Waals surface area contributed by atoms with Gasteiger partial charge in [0.15, 0.2) is 5.82 Å².